The van der Waals surface area contributed by atoms with E-state index in [1.54, 1.807) is 0 Å². The van der Waals surface area contributed by atoms with E-state index in [9.17, 15) is 29.8 Å². The minimum absolute atomic E-state index is 0.0348. The van der Waals surface area contributed by atoms with Crippen molar-refractivity contribution in [3.8, 4) is 0 Å². The van der Waals surface area contributed by atoms with Gasteiger partial charge in [0.05, 0.1) is 13.2 Å². The first-order valence-electron chi connectivity index (χ1n) is 17.1. The SMILES string of the molecule is CO[C@@H]1O[C@H]([C@H](COC(C)=O)OC(C)=O)[C@@H](OC(C)=O)[C@H](O)[C@@H]1O[C@H]1O[C@H](COC(C)=O)[C@@H](OCc2ccccc2)[C@H](OCc2ccccc2)[C@H]1N=[N+]=[N-]. The van der Waals surface area contributed by atoms with E-state index in [-0.39, 0.29) is 19.8 Å². The van der Waals surface area contributed by atoms with Gasteiger partial charge in [-0.05, 0) is 16.7 Å². The van der Waals surface area contributed by atoms with Crippen molar-refractivity contribution in [2.75, 3.05) is 20.3 Å². The first kappa shape index (κ1) is 42.1. The summed E-state index contributed by atoms with van der Waals surface area (Å²) in [6.07, 6.45) is -13.9. The third kappa shape index (κ3) is 11.9. The maximum absolute atomic E-state index is 12.3. The van der Waals surface area contributed by atoms with E-state index in [1.165, 1.54) is 14.0 Å². The Hall–Kier alpha value is -4.65. The maximum Gasteiger partial charge on any atom is 0.303 e. The molecule has 2 aliphatic rings. The number of hydrogen-bond acceptors (Lipinski definition) is 16. The summed E-state index contributed by atoms with van der Waals surface area (Å²) in [4.78, 5) is 51.0. The molecule has 18 heteroatoms. The molecule has 1 N–H and O–H groups in total. The summed E-state index contributed by atoms with van der Waals surface area (Å²) in [6.45, 7) is 3.81. The van der Waals surface area contributed by atoms with E-state index in [0.29, 0.717) is 0 Å². The zero-order chi connectivity index (χ0) is 39.2. The van der Waals surface area contributed by atoms with Crippen LogP contribution in [-0.2, 0) is 79.8 Å². The van der Waals surface area contributed by atoms with Crippen molar-refractivity contribution in [3.63, 3.8) is 0 Å². The van der Waals surface area contributed by atoms with E-state index in [2.05, 4.69) is 10.0 Å². The molecule has 2 saturated heterocycles. The minimum atomic E-state index is -1.77. The smallest absolute Gasteiger partial charge is 0.303 e. The van der Waals surface area contributed by atoms with Gasteiger partial charge in [-0.15, -0.1) is 0 Å². The Morgan fingerprint density at radius 1 is 0.778 bits per heavy atom. The Labute approximate surface area is 311 Å². The van der Waals surface area contributed by atoms with Gasteiger partial charge in [0.2, 0.25) is 0 Å². The maximum atomic E-state index is 12.3. The quantitative estimate of drug-likeness (QED) is 0.0804. The van der Waals surface area contributed by atoms with Gasteiger partial charge >= 0.3 is 23.9 Å². The van der Waals surface area contributed by atoms with Crippen LogP contribution in [-0.4, -0.2) is 117 Å². The highest BCUT2D eigenvalue weighted by molar-refractivity contribution is 5.67. The molecule has 2 aromatic carbocycles. The van der Waals surface area contributed by atoms with E-state index in [4.69, 9.17) is 47.4 Å². The highest BCUT2D eigenvalue weighted by Gasteiger charge is 2.55. The fourth-order valence-corrected chi connectivity index (χ4v) is 6.02. The van der Waals surface area contributed by atoms with Crippen LogP contribution in [0.5, 0.6) is 0 Å². The van der Waals surface area contributed by atoms with Gasteiger partial charge in [-0.2, -0.15) is 0 Å². The van der Waals surface area contributed by atoms with Crippen molar-refractivity contribution >= 4 is 23.9 Å². The normalized spacial score (nSPS) is 28.5. The Kier molecular flexibility index (Phi) is 16.1. The molecular weight excluding hydrogens is 714 g/mol. The third-order valence-electron chi connectivity index (χ3n) is 8.34. The van der Waals surface area contributed by atoms with Crippen molar-refractivity contribution in [2.45, 2.75) is 108 Å². The number of nitrogens with zero attached hydrogens (tertiary/aromatic N) is 3. The van der Waals surface area contributed by atoms with Crippen LogP contribution in [0.3, 0.4) is 0 Å². The lowest BCUT2D eigenvalue weighted by Crippen LogP contribution is -2.66. The van der Waals surface area contributed by atoms with Gasteiger partial charge < -0.3 is 52.5 Å². The summed E-state index contributed by atoms with van der Waals surface area (Å²) in [7, 11) is 1.24. The van der Waals surface area contributed by atoms with Gasteiger partial charge in [-0.1, -0.05) is 65.8 Å². The van der Waals surface area contributed by atoms with Gasteiger partial charge in [-0.25, -0.2) is 0 Å². The van der Waals surface area contributed by atoms with Crippen LogP contribution < -0.4 is 0 Å². The van der Waals surface area contributed by atoms with Crippen LogP contribution in [0, 0.1) is 0 Å². The molecule has 54 heavy (non-hydrogen) atoms. The van der Waals surface area contributed by atoms with Crippen molar-refractivity contribution in [1.29, 1.82) is 0 Å². The summed E-state index contributed by atoms with van der Waals surface area (Å²) in [5.41, 5.74) is 11.4. The largest absolute Gasteiger partial charge is 0.463 e. The predicted molar refractivity (Wildman–Crippen MR) is 183 cm³/mol. The van der Waals surface area contributed by atoms with Crippen LogP contribution in [0.25, 0.3) is 10.4 Å². The number of methoxy groups -OCH3 is 1. The number of azide groups is 1. The number of aliphatic hydroxyl groups is 1. The number of benzene rings is 2. The average Bonchev–Trinajstić information content (AvgIpc) is 3.14. The van der Waals surface area contributed by atoms with Crippen molar-refractivity contribution < 1.29 is 71.7 Å². The van der Waals surface area contributed by atoms with E-state index in [1.807, 2.05) is 60.7 Å². The summed E-state index contributed by atoms with van der Waals surface area (Å²) in [5, 5.41) is 15.8. The lowest BCUT2D eigenvalue weighted by Gasteiger charge is -2.48. The van der Waals surface area contributed by atoms with E-state index < -0.39 is 97.9 Å². The minimum Gasteiger partial charge on any atom is -0.463 e. The van der Waals surface area contributed by atoms with Crippen LogP contribution in [0.4, 0.5) is 0 Å². The van der Waals surface area contributed by atoms with Crippen molar-refractivity contribution in [3.05, 3.63) is 82.2 Å². The molecule has 0 radical (unpaired) electrons. The Balaban J connectivity index is 1.71. The van der Waals surface area contributed by atoms with Crippen molar-refractivity contribution in [1.82, 2.24) is 0 Å². The van der Waals surface area contributed by atoms with Gasteiger partial charge in [0.15, 0.2) is 24.8 Å². The summed E-state index contributed by atoms with van der Waals surface area (Å²) in [6, 6.07) is 17.1. The Morgan fingerprint density at radius 3 is 1.89 bits per heavy atom. The zero-order valence-corrected chi connectivity index (χ0v) is 30.5. The molecule has 4 rings (SSSR count). The molecule has 0 aliphatic carbocycles. The van der Waals surface area contributed by atoms with E-state index >= 15 is 0 Å². The number of ether oxygens (including phenoxy) is 10. The fraction of sp³-hybridized carbons (Fsp3) is 0.556. The lowest BCUT2D eigenvalue weighted by molar-refractivity contribution is -0.359. The predicted octanol–water partition coefficient (Wildman–Crippen LogP) is 2.67. The first-order valence-corrected chi connectivity index (χ1v) is 17.1. The number of carbonyl (C=O) groups is 4. The standard InChI is InChI=1S/C36H45N3O15/c1-20(40)46-18-26-30(48-16-24-12-8-6-9-13-24)32(49-17-25-14-10-7-11-15-25)28(38-39-37)35(52-26)54-34-29(44)33(51-23(4)43)31(53-36(34)45-5)27(50-22(3)42)19-47-21(2)41/h6-15,26-36,44H,16-19H2,1-5H3/t26-,27+,28-,29+,30-,31-,32-,33+,34+,35-,36-/m1/s1. The number of hydrogen-bond donors (Lipinski definition) is 1. The zero-order valence-electron chi connectivity index (χ0n) is 30.5. The molecule has 0 amide bonds. The number of carbonyl (C=O) groups excluding carboxylic acids is 4. The van der Waals surface area contributed by atoms with Crippen LogP contribution in [0.15, 0.2) is 65.8 Å². The lowest BCUT2D eigenvalue weighted by atomic mass is 9.93. The van der Waals surface area contributed by atoms with E-state index in [0.717, 1.165) is 31.9 Å². The first-order chi connectivity index (χ1) is 25.9. The van der Waals surface area contributed by atoms with Gasteiger partial charge in [0.1, 0.15) is 55.9 Å². The number of rotatable bonds is 17. The summed E-state index contributed by atoms with van der Waals surface area (Å²) >= 11 is 0. The molecule has 0 unspecified atom stereocenters. The summed E-state index contributed by atoms with van der Waals surface area (Å²) in [5.74, 6) is -2.93. The monoisotopic (exact) mass is 759 g/mol. The molecule has 294 valence electrons. The Morgan fingerprint density at radius 2 is 1.37 bits per heavy atom. The molecule has 2 aliphatic heterocycles. The molecule has 2 fully saturated rings. The van der Waals surface area contributed by atoms with Crippen LogP contribution in [0.1, 0.15) is 38.8 Å². The second-order valence-corrected chi connectivity index (χ2v) is 12.4. The second-order valence-electron chi connectivity index (χ2n) is 12.4. The fourth-order valence-electron chi connectivity index (χ4n) is 6.02. The summed E-state index contributed by atoms with van der Waals surface area (Å²) < 4.78 is 58.2. The Bertz CT molecular complexity index is 1580. The molecule has 0 spiro atoms. The molecule has 0 bridgehead atoms. The molecule has 2 heterocycles. The third-order valence-corrected chi connectivity index (χ3v) is 8.34. The number of esters is 4. The highest BCUT2D eigenvalue weighted by Crippen LogP contribution is 2.36. The molecular formula is C36H45N3O15. The molecule has 18 nitrogen and oxygen atoms in total. The van der Waals surface area contributed by atoms with Gasteiger partial charge in [-0.3, -0.25) is 19.2 Å². The highest BCUT2D eigenvalue weighted by atomic mass is 16.8. The topological polar surface area (TPSA) is 230 Å². The van der Waals surface area contributed by atoms with Gasteiger partial charge in [0, 0.05) is 39.7 Å². The molecule has 11 atom stereocenters. The molecule has 2 aromatic rings. The number of aliphatic hydroxyl groups excluding tert-OH is 1. The molecule has 0 saturated carbocycles. The van der Waals surface area contributed by atoms with Crippen molar-refractivity contribution in [2.24, 2.45) is 5.11 Å². The van der Waals surface area contributed by atoms with Crippen LogP contribution >= 0.6 is 0 Å². The van der Waals surface area contributed by atoms with Crippen LogP contribution in [0.2, 0.25) is 0 Å². The second kappa shape index (κ2) is 20.7. The average molecular weight is 760 g/mol. The molecule has 0 aromatic heterocycles. The van der Waals surface area contributed by atoms with Gasteiger partial charge in [0.25, 0.3) is 0 Å².